The molecule has 1 aromatic heterocycles. The summed E-state index contributed by atoms with van der Waals surface area (Å²) < 4.78 is 0. The Hall–Kier alpha value is -3.67. The van der Waals surface area contributed by atoms with Crippen LogP contribution in [0.1, 0.15) is 5.56 Å². The summed E-state index contributed by atoms with van der Waals surface area (Å²) in [5.74, 6) is -0.268. The first-order valence-electron chi connectivity index (χ1n) is 8.13. The second kappa shape index (κ2) is 6.33. The van der Waals surface area contributed by atoms with E-state index in [2.05, 4.69) is 22.1 Å². The predicted octanol–water partition coefficient (Wildman–Crippen LogP) is 3.08. The lowest BCUT2D eigenvalue weighted by Gasteiger charge is -2.13. The average Bonchev–Trinajstić information content (AvgIpc) is 3.09. The number of aromatic hydroxyl groups is 1. The number of fused-ring (bicyclic) bond motifs is 2. The monoisotopic (exact) mass is 344 g/mol. The van der Waals surface area contributed by atoms with E-state index in [1.54, 1.807) is 0 Å². The Morgan fingerprint density at radius 1 is 1.12 bits per heavy atom. The molecular formula is C20H16N4O2. The number of amides is 1. The zero-order chi connectivity index (χ0) is 18.1. The highest BCUT2D eigenvalue weighted by atomic mass is 16.3. The first kappa shape index (κ1) is 15.8. The Bertz CT molecular complexity index is 1110. The van der Waals surface area contributed by atoms with Gasteiger partial charge in [-0.05, 0) is 29.7 Å². The molecule has 0 spiro atoms. The molecule has 0 atom stereocenters. The molecule has 128 valence electrons. The summed E-state index contributed by atoms with van der Waals surface area (Å²) in [7, 11) is 0. The third-order valence-electron chi connectivity index (χ3n) is 4.20. The topological polar surface area (TPSA) is 80.0 Å². The lowest BCUT2D eigenvalue weighted by Crippen LogP contribution is -2.20. The summed E-state index contributed by atoms with van der Waals surface area (Å²) in [6.45, 7) is 3.61. The highest BCUT2D eigenvalue weighted by Crippen LogP contribution is 2.34. The van der Waals surface area contributed by atoms with E-state index in [1.165, 1.54) is 10.9 Å². The number of hydrogen-bond acceptors (Lipinski definition) is 4. The maximum absolute atomic E-state index is 11.5. The Morgan fingerprint density at radius 2 is 1.77 bits per heavy atom. The first-order chi connectivity index (χ1) is 12.7. The molecule has 1 amide bonds. The number of rotatable bonds is 4. The molecular weight excluding hydrogens is 328 g/mol. The highest BCUT2D eigenvalue weighted by molar-refractivity contribution is 5.94. The molecule has 4 aromatic rings. The van der Waals surface area contributed by atoms with Crippen LogP contribution >= 0.6 is 0 Å². The van der Waals surface area contributed by atoms with Crippen molar-refractivity contribution in [2.24, 2.45) is 0 Å². The van der Waals surface area contributed by atoms with Crippen molar-refractivity contribution in [3.05, 3.63) is 72.8 Å². The number of hydrogen-bond donors (Lipinski definition) is 2. The first-order valence-corrected chi connectivity index (χ1v) is 8.13. The molecule has 0 aliphatic rings. The van der Waals surface area contributed by atoms with Crippen LogP contribution in [0.25, 0.3) is 27.5 Å². The van der Waals surface area contributed by atoms with Gasteiger partial charge in [0.1, 0.15) is 22.5 Å². The normalized spacial score (nSPS) is 10.9. The van der Waals surface area contributed by atoms with Crippen molar-refractivity contribution >= 4 is 27.7 Å². The summed E-state index contributed by atoms with van der Waals surface area (Å²) in [5, 5.41) is 24.3. The fourth-order valence-corrected chi connectivity index (χ4v) is 2.93. The SMILES string of the molecule is C=CC(=O)NCc1cc2ccccc2c(-n2nc3ccccc3n2)c1O. The fourth-order valence-electron chi connectivity index (χ4n) is 2.93. The average molecular weight is 344 g/mol. The molecule has 4 rings (SSSR count). The van der Waals surface area contributed by atoms with E-state index in [0.717, 1.165) is 21.8 Å². The molecule has 6 heteroatoms. The smallest absolute Gasteiger partial charge is 0.243 e. The van der Waals surface area contributed by atoms with Gasteiger partial charge >= 0.3 is 0 Å². The van der Waals surface area contributed by atoms with Crippen molar-refractivity contribution in [2.75, 3.05) is 0 Å². The molecule has 0 fully saturated rings. The second-order valence-electron chi connectivity index (χ2n) is 5.85. The predicted molar refractivity (Wildman–Crippen MR) is 100 cm³/mol. The number of nitrogens with one attached hydrogen (secondary N) is 1. The molecule has 0 saturated carbocycles. The van der Waals surface area contributed by atoms with Crippen LogP contribution in [-0.2, 0) is 11.3 Å². The molecule has 2 N–H and O–H groups in total. The van der Waals surface area contributed by atoms with E-state index in [4.69, 9.17) is 0 Å². The van der Waals surface area contributed by atoms with Gasteiger partial charge in [0.2, 0.25) is 5.91 Å². The van der Waals surface area contributed by atoms with Crippen molar-refractivity contribution in [2.45, 2.75) is 6.54 Å². The van der Waals surface area contributed by atoms with Crippen LogP contribution in [0.3, 0.4) is 0 Å². The molecule has 6 nitrogen and oxygen atoms in total. The molecule has 0 aliphatic heterocycles. The van der Waals surface area contributed by atoms with E-state index in [0.29, 0.717) is 11.3 Å². The van der Waals surface area contributed by atoms with Gasteiger partial charge in [0.25, 0.3) is 0 Å². The number of phenols is 1. The standard InChI is InChI=1S/C20H16N4O2/c1-2-18(25)21-12-14-11-13-7-3-4-8-15(13)19(20(14)26)24-22-16-9-5-6-10-17(16)23-24/h2-11,26H,1,12H2,(H,21,25). The zero-order valence-corrected chi connectivity index (χ0v) is 13.9. The van der Waals surface area contributed by atoms with Crippen LogP contribution in [0.5, 0.6) is 5.75 Å². The lowest BCUT2D eigenvalue weighted by molar-refractivity contribution is -0.116. The van der Waals surface area contributed by atoms with E-state index in [9.17, 15) is 9.90 Å². The number of nitrogens with zero attached hydrogens (tertiary/aromatic N) is 3. The summed E-state index contributed by atoms with van der Waals surface area (Å²) >= 11 is 0. The van der Waals surface area contributed by atoms with E-state index < -0.39 is 0 Å². The number of carbonyl (C=O) groups excluding carboxylic acids is 1. The van der Waals surface area contributed by atoms with Crippen molar-refractivity contribution in [1.82, 2.24) is 20.3 Å². The summed E-state index contributed by atoms with van der Waals surface area (Å²) in [6, 6.07) is 17.0. The minimum atomic E-state index is -0.304. The van der Waals surface area contributed by atoms with Crippen LogP contribution in [-0.4, -0.2) is 26.0 Å². The largest absolute Gasteiger partial charge is 0.505 e. The maximum Gasteiger partial charge on any atom is 0.243 e. The summed E-state index contributed by atoms with van der Waals surface area (Å²) in [5.41, 5.74) is 2.54. The molecule has 1 heterocycles. The van der Waals surface area contributed by atoms with Crippen molar-refractivity contribution in [3.8, 4) is 11.4 Å². The Kier molecular flexibility index (Phi) is 3.85. The lowest BCUT2D eigenvalue weighted by atomic mass is 10.0. The molecule has 0 saturated heterocycles. The van der Waals surface area contributed by atoms with Gasteiger partial charge in [0.05, 0.1) is 0 Å². The number of aromatic nitrogens is 3. The summed E-state index contributed by atoms with van der Waals surface area (Å²) in [4.78, 5) is 12.9. The fraction of sp³-hybridized carbons (Fsp3) is 0.0500. The molecule has 0 unspecified atom stereocenters. The van der Waals surface area contributed by atoms with E-state index in [-0.39, 0.29) is 18.2 Å². The molecule has 3 aromatic carbocycles. The van der Waals surface area contributed by atoms with Gasteiger partial charge in [-0.3, -0.25) is 4.79 Å². The van der Waals surface area contributed by atoms with E-state index in [1.807, 2.05) is 54.6 Å². The third-order valence-corrected chi connectivity index (χ3v) is 4.20. The van der Waals surface area contributed by atoms with Gasteiger partial charge in [-0.15, -0.1) is 15.0 Å². The number of benzene rings is 3. The summed E-state index contributed by atoms with van der Waals surface area (Å²) in [6.07, 6.45) is 1.20. The van der Waals surface area contributed by atoms with Gasteiger partial charge in [0.15, 0.2) is 0 Å². The van der Waals surface area contributed by atoms with Gasteiger partial charge in [-0.25, -0.2) is 0 Å². The van der Waals surface area contributed by atoms with Crippen molar-refractivity contribution in [1.29, 1.82) is 0 Å². The van der Waals surface area contributed by atoms with Gasteiger partial charge in [-0.1, -0.05) is 43.0 Å². The quantitative estimate of drug-likeness (QED) is 0.558. The van der Waals surface area contributed by atoms with Crippen LogP contribution in [0, 0.1) is 0 Å². The van der Waals surface area contributed by atoms with Crippen LogP contribution in [0.4, 0.5) is 0 Å². The maximum atomic E-state index is 11.5. The third kappa shape index (κ3) is 2.67. The molecule has 26 heavy (non-hydrogen) atoms. The van der Waals surface area contributed by atoms with Gasteiger partial charge in [0, 0.05) is 17.5 Å². The minimum Gasteiger partial charge on any atom is -0.505 e. The Labute approximate surface area is 149 Å². The molecule has 0 aliphatic carbocycles. The molecule has 0 radical (unpaired) electrons. The zero-order valence-electron chi connectivity index (χ0n) is 13.9. The van der Waals surface area contributed by atoms with Gasteiger partial charge < -0.3 is 10.4 Å². The number of phenolic OH excluding ortho intramolecular Hbond substituents is 1. The van der Waals surface area contributed by atoms with Crippen LogP contribution in [0.15, 0.2) is 67.3 Å². The van der Waals surface area contributed by atoms with E-state index >= 15 is 0 Å². The van der Waals surface area contributed by atoms with Gasteiger partial charge in [-0.2, -0.15) is 0 Å². The van der Waals surface area contributed by atoms with Crippen LogP contribution < -0.4 is 5.32 Å². The Balaban J connectivity index is 1.92. The van der Waals surface area contributed by atoms with Crippen molar-refractivity contribution in [3.63, 3.8) is 0 Å². The second-order valence-corrected chi connectivity index (χ2v) is 5.85. The Morgan fingerprint density at radius 3 is 2.46 bits per heavy atom. The minimum absolute atomic E-state index is 0.0355. The highest BCUT2D eigenvalue weighted by Gasteiger charge is 2.17. The molecule has 0 bridgehead atoms. The van der Waals surface area contributed by atoms with Crippen LogP contribution in [0.2, 0.25) is 0 Å². The number of carbonyl (C=O) groups is 1. The van der Waals surface area contributed by atoms with Crippen molar-refractivity contribution < 1.29 is 9.90 Å².